The lowest BCUT2D eigenvalue weighted by Crippen LogP contribution is -2.44. The van der Waals surface area contributed by atoms with Crippen molar-refractivity contribution < 1.29 is 18.7 Å². The zero-order valence-electron chi connectivity index (χ0n) is 14.7. The maximum atomic E-state index is 12.7. The van der Waals surface area contributed by atoms with Gasteiger partial charge in [-0.3, -0.25) is 4.79 Å². The van der Waals surface area contributed by atoms with Gasteiger partial charge in [0.2, 0.25) is 12.5 Å². The van der Waals surface area contributed by atoms with Crippen molar-refractivity contribution in [3.8, 4) is 17.2 Å². The number of hydrogen-bond donors (Lipinski definition) is 0. The highest BCUT2D eigenvalue weighted by molar-refractivity contribution is 14.1. The number of hydrogen-bond acceptors (Lipinski definition) is 4. The summed E-state index contributed by atoms with van der Waals surface area (Å²) < 4.78 is 18.4. The normalized spacial score (nSPS) is 13.9. The first kappa shape index (κ1) is 18.4. The Labute approximate surface area is 152 Å². The fourth-order valence-electron chi connectivity index (χ4n) is 1.91. The van der Waals surface area contributed by atoms with Crippen molar-refractivity contribution in [3.63, 3.8) is 0 Å². The Morgan fingerprint density at radius 2 is 1.91 bits per heavy atom. The van der Waals surface area contributed by atoms with E-state index in [0.717, 1.165) is 3.57 Å². The predicted octanol–water partition coefficient (Wildman–Crippen LogP) is 4.11. The Balaban J connectivity index is 2.63. The molecule has 23 heavy (non-hydrogen) atoms. The predicted molar refractivity (Wildman–Crippen MR) is 101 cm³/mol. The van der Waals surface area contributed by atoms with Gasteiger partial charge in [0, 0.05) is 17.7 Å². The molecule has 1 heterocycles. The first-order valence-corrected chi connectivity index (χ1v) is 11.5. The van der Waals surface area contributed by atoms with Crippen molar-refractivity contribution in [2.45, 2.75) is 38.9 Å². The summed E-state index contributed by atoms with van der Waals surface area (Å²) in [6.07, 6.45) is 0. The molecule has 0 atom stereocenters. The van der Waals surface area contributed by atoms with E-state index in [2.05, 4.69) is 56.5 Å². The Morgan fingerprint density at radius 3 is 2.43 bits per heavy atom. The van der Waals surface area contributed by atoms with E-state index in [-0.39, 0.29) is 17.7 Å². The zero-order chi connectivity index (χ0) is 17.6. The molecule has 5 nitrogen and oxygen atoms in total. The summed E-state index contributed by atoms with van der Waals surface area (Å²) >= 11 is 2.15. The molecule has 1 aliphatic heterocycles. The van der Waals surface area contributed by atoms with Crippen LogP contribution in [0.25, 0.3) is 0 Å². The van der Waals surface area contributed by atoms with Crippen LogP contribution < -0.4 is 13.9 Å². The molecule has 1 aliphatic rings. The van der Waals surface area contributed by atoms with Crippen molar-refractivity contribution >= 4 is 36.8 Å². The van der Waals surface area contributed by atoms with Crippen molar-refractivity contribution in [1.29, 1.82) is 0 Å². The van der Waals surface area contributed by atoms with E-state index in [9.17, 15) is 4.79 Å². The van der Waals surface area contributed by atoms with Gasteiger partial charge in [-0.25, -0.2) is 0 Å². The maximum absolute atomic E-state index is 12.7. The largest absolute Gasteiger partial charge is 0.540 e. The number of carbonyl (C=O) groups excluding carboxylic acids is 1. The minimum Gasteiger partial charge on any atom is -0.540 e. The quantitative estimate of drug-likeness (QED) is 0.515. The number of carbonyl (C=O) groups is 1. The van der Waals surface area contributed by atoms with Crippen LogP contribution in [0.2, 0.25) is 18.1 Å². The maximum Gasteiger partial charge on any atom is 0.258 e. The molecule has 7 heteroatoms. The summed E-state index contributed by atoms with van der Waals surface area (Å²) in [5.74, 6) is 1.61. The second kappa shape index (κ2) is 6.16. The summed E-state index contributed by atoms with van der Waals surface area (Å²) in [6, 6.07) is 1.83. The van der Waals surface area contributed by atoms with Crippen LogP contribution in [0.3, 0.4) is 0 Å². The molecule has 1 aromatic rings. The summed E-state index contributed by atoms with van der Waals surface area (Å²) in [4.78, 5) is 14.2. The van der Waals surface area contributed by atoms with Gasteiger partial charge in [-0.2, -0.15) is 0 Å². The molecule has 0 saturated heterocycles. The first-order chi connectivity index (χ1) is 10.5. The van der Waals surface area contributed by atoms with Crippen molar-refractivity contribution in [1.82, 2.24) is 4.90 Å². The molecule has 2 rings (SSSR count). The Morgan fingerprint density at radius 1 is 1.30 bits per heavy atom. The molecule has 0 radical (unpaired) electrons. The van der Waals surface area contributed by atoms with Gasteiger partial charge in [0.05, 0.1) is 5.56 Å². The van der Waals surface area contributed by atoms with Gasteiger partial charge < -0.3 is 18.8 Å². The third-order valence-electron chi connectivity index (χ3n) is 4.35. The molecule has 0 unspecified atom stereocenters. The molecule has 0 aliphatic carbocycles. The highest BCUT2D eigenvalue weighted by Gasteiger charge is 2.42. The van der Waals surface area contributed by atoms with Crippen LogP contribution in [-0.2, 0) is 0 Å². The number of fused-ring (bicyclic) bond motifs is 1. The number of amides is 1. The summed E-state index contributed by atoms with van der Waals surface area (Å²) in [6.45, 7) is 10.9. The lowest BCUT2D eigenvalue weighted by Gasteiger charge is -2.37. The van der Waals surface area contributed by atoms with Gasteiger partial charge in [-0.15, -0.1) is 0 Å². The topological polar surface area (TPSA) is 48.0 Å². The van der Waals surface area contributed by atoms with Crippen molar-refractivity contribution in [2.75, 3.05) is 20.9 Å². The molecule has 0 spiro atoms. The first-order valence-electron chi connectivity index (χ1n) is 7.48. The lowest BCUT2D eigenvalue weighted by atomic mass is 10.1. The summed E-state index contributed by atoms with van der Waals surface area (Å²) in [5.41, 5.74) is 0.546. The molecule has 0 N–H and O–H groups in total. The van der Waals surface area contributed by atoms with Gasteiger partial charge in [0.15, 0.2) is 11.5 Å². The molecule has 0 aromatic heterocycles. The van der Waals surface area contributed by atoms with E-state index in [1.54, 1.807) is 19.0 Å². The molecule has 1 amide bonds. The lowest BCUT2D eigenvalue weighted by molar-refractivity contribution is 0.0823. The Hall–Kier alpha value is -0.963. The molecule has 0 saturated carbocycles. The average molecular weight is 449 g/mol. The number of ether oxygens (including phenoxy) is 2. The molecule has 0 bridgehead atoms. The van der Waals surface area contributed by atoms with E-state index in [0.29, 0.717) is 22.8 Å². The van der Waals surface area contributed by atoms with Crippen LogP contribution in [0.5, 0.6) is 17.2 Å². The highest BCUT2D eigenvalue weighted by Crippen LogP contribution is 2.49. The van der Waals surface area contributed by atoms with Crippen LogP contribution in [-0.4, -0.2) is 40.0 Å². The van der Waals surface area contributed by atoms with E-state index in [1.165, 1.54) is 0 Å². The van der Waals surface area contributed by atoms with E-state index < -0.39 is 8.32 Å². The fourth-order valence-corrected chi connectivity index (χ4v) is 3.68. The number of halogens is 1. The second-order valence-electron chi connectivity index (χ2n) is 7.36. The summed E-state index contributed by atoms with van der Waals surface area (Å²) in [7, 11) is 1.34. The van der Waals surface area contributed by atoms with E-state index in [1.807, 2.05) is 6.07 Å². The minimum atomic E-state index is -2.13. The Bertz CT molecular complexity index is 638. The number of nitrogens with zero attached hydrogens (tertiary/aromatic N) is 1. The monoisotopic (exact) mass is 449 g/mol. The Kier molecular flexibility index (Phi) is 4.92. The molecular formula is C16H24INO4Si. The van der Waals surface area contributed by atoms with Crippen molar-refractivity contribution in [3.05, 3.63) is 15.2 Å². The standard InChI is InChI=1S/C16H24INO4Si/c1-16(2,3)23(6,7)22-14-12(15(19)18(4)5)10(17)8-11-13(14)21-9-20-11/h8H,9H2,1-7H3. The van der Waals surface area contributed by atoms with Crippen LogP contribution in [0.15, 0.2) is 6.07 Å². The van der Waals surface area contributed by atoms with Crippen LogP contribution in [0.4, 0.5) is 0 Å². The van der Waals surface area contributed by atoms with Gasteiger partial charge in [0.1, 0.15) is 0 Å². The molecule has 0 fully saturated rings. The smallest absolute Gasteiger partial charge is 0.258 e. The van der Waals surface area contributed by atoms with Gasteiger partial charge in [-0.1, -0.05) is 20.8 Å². The molecular weight excluding hydrogens is 425 g/mol. The second-order valence-corrected chi connectivity index (χ2v) is 13.2. The molecule has 128 valence electrons. The van der Waals surface area contributed by atoms with Gasteiger partial charge in [-0.05, 0) is 46.8 Å². The zero-order valence-corrected chi connectivity index (χ0v) is 17.9. The summed E-state index contributed by atoms with van der Waals surface area (Å²) in [5, 5.41) is 0.0130. The van der Waals surface area contributed by atoms with Crippen LogP contribution >= 0.6 is 22.6 Å². The molecule has 1 aromatic carbocycles. The fraction of sp³-hybridized carbons (Fsp3) is 0.562. The minimum absolute atomic E-state index is 0.0130. The SMILES string of the molecule is CN(C)C(=O)c1c(I)cc2c(c1O[Si](C)(C)C(C)(C)C)OCO2. The van der Waals surface area contributed by atoms with Gasteiger partial charge in [0.25, 0.3) is 14.2 Å². The van der Waals surface area contributed by atoms with Crippen LogP contribution in [0.1, 0.15) is 31.1 Å². The van der Waals surface area contributed by atoms with Gasteiger partial charge >= 0.3 is 0 Å². The third-order valence-corrected chi connectivity index (χ3v) is 9.53. The number of benzene rings is 1. The van der Waals surface area contributed by atoms with Crippen LogP contribution in [0, 0.1) is 3.57 Å². The average Bonchev–Trinajstić information content (AvgIpc) is 2.84. The van der Waals surface area contributed by atoms with E-state index >= 15 is 0 Å². The van der Waals surface area contributed by atoms with Crippen molar-refractivity contribution in [2.24, 2.45) is 0 Å². The highest BCUT2D eigenvalue weighted by atomic mass is 127. The number of rotatable bonds is 3. The van der Waals surface area contributed by atoms with E-state index in [4.69, 9.17) is 13.9 Å². The third kappa shape index (κ3) is 3.45.